The molecule has 1 saturated carbocycles. The second-order valence-corrected chi connectivity index (χ2v) is 5.79. The Morgan fingerprint density at radius 3 is 2.26 bits per heavy atom. The highest BCUT2D eigenvalue weighted by Gasteiger charge is 2.45. The monoisotopic (exact) mass is 271 g/mol. The summed E-state index contributed by atoms with van der Waals surface area (Å²) in [6.45, 7) is 3.95. The fourth-order valence-electron chi connectivity index (χ4n) is 3.00. The standard InChI is InChI=1S/C15H20F3N/c1-10-3-4-11(2)13(9-10)14(19)7-5-12(6-8-14)15(16,17)18/h3-4,9,12H,5-8,19H2,1-2H3. The summed E-state index contributed by atoms with van der Waals surface area (Å²) in [6.07, 6.45) is -3.01. The van der Waals surface area contributed by atoms with Crippen molar-refractivity contribution < 1.29 is 13.2 Å². The summed E-state index contributed by atoms with van der Waals surface area (Å²) in [5, 5.41) is 0. The Kier molecular flexibility index (Phi) is 3.65. The van der Waals surface area contributed by atoms with E-state index in [1.807, 2.05) is 32.0 Å². The van der Waals surface area contributed by atoms with E-state index in [-0.39, 0.29) is 12.8 Å². The van der Waals surface area contributed by atoms with Crippen LogP contribution in [0.5, 0.6) is 0 Å². The van der Waals surface area contributed by atoms with Gasteiger partial charge in [-0.2, -0.15) is 13.2 Å². The third-order valence-electron chi connectivity index (χ3n) is 4.27. The largest absolute Gasteiger partial charge is 0.391 e. The Balaban J connectivity index is 2.20. The Labute approximate surface area is 112 Å². The molecule has 2 rings (SSSR count). The van der Waals surface area contributed by atoms with Crippen molar-refractivity contribution in [2.75, 3.05) is 0 Å². The van der Waals surface area contributed by atoms with E-state index in [9.17, 15) is 13.2 Å². The molecule has 4 heteroatoms. The molecule has 19 heavy (non-hydrogen) atoms. The number of hydrogen-bond donors (Lipinski definition) is 1. The van der Waals surface area contributed by atoms with E-state index < -0.39 is 17.6 Å². The van der Waals surface area contributed by atoms with Crippen molar-refractivity contribution in [2.24, 2.45) is 11.7 Å². The lowest BCUT2D eigenvalue weighted by atomic mass is 9.72. The zero-order valence-corrected chi connectivity index (χ0v) is 11.3. The molecule has 0 spiro atoms. The van der Waals surface area contributed by atoms with Gasteiger partial charge < -0.3 is 5.73 Å². The van der Waals surface area contributed by atoms with Crippen LogP contribution >= 0.6 is 0 Å². The number of nitrogens with two attached hydrogens (primary N) is 1. The van der Waals surface area contributed by atoms with Gasteiger partial charge in [-0.3, -0.25) is 0 Å². The van der Waals surface area contributed by atoms with E-state index in [0.717, 1.165) is 16.7 Å². The topological polar surface area (TPSA) is 26.0 Å². The zero-order valence-electron chi connectivity index (χ0n) is 11.3. The maximum absolute atomic E-state index is 12.7. The molecule has 0 aliphatic heterocycles. The first-order valence-electron chi connectivity index (χ1n) is 6.66. The summed E-state index contributed by atoms with van der Waals surface area (Å²) in [4.78, 5) is 0. The summed E-state index contributed by atoms with van der Waals surface area (Å²) in [7, 11) is 0. The highest BCUT2D eigenvalue weighted by atomic mass is 19.4. The summed E-state index contributed by atoms with van der Waals surface area (Å²) in [5.41, 5.74) is 8.96. The Morgan fingerprint density at radius 1 is 1.16 bits per heavy atom. The molecule has 0 heterocycles. The summed E-state index contributed by atoms with van der Waals surface area (Å²) >= 11 is 0. The second-order valence-electron chi connectivity index (χ2n) is 5.79. The third kappa shape index (κ3) is 2.94. The van der Waals surface area contributed by atoms with Gasteiger partial charge in [-0.1, -0.05) is 23.8 Å². The van der Waals surface area contributed by atoms with Gasteiger partial charge in [-0.25, -0.2) is 0 Å². The molecule has 1 nitrogen and oxygen atoms in total. The molecular formula is C15H20F3N. The van der Waals surface area contributed by atoms with Crippen molar-refractivity contribution in [1.82, 2.24) is 0 Å². The number of rotatable bonds is 1. The average molecular weight is 271 g/mol. The average Bonchev–Trinajstić information content (AvgIpc) is 2.31. The normalized spacial score (nSPS) is 28.4. The van der Waals surface area contributed by atoms with Crippen molar-refractivity contribution in [3.63, 3.8) is 0 Å². The number of alkyl halides is 3. The van der Waals surface area contributed by atoms with Gasteiger partial charge in [0.15, 0.2) is 0 Å². The van der Waals surface area contributed by atoms with E-state index in [0.29, 0.717) is 12.8 Å². The molecule has 0 saturated heterocycles. The molecule has 0 unspecified atom stereocenters. The van der Waals surface area contributed by atoms with Gasteiger partial charge in [0.2, 0.25) is 0 Å². The van der Waals surface area contributed by atoms with Gasteiger partial charge >= 0.3 is 6.18 Å². The van der Waals surface area contributed by atoms with Crippen LogP contribution in [0.3, 0.4) is 0 Å². The first-order chi connectivity index (χ1) is 8.72. The fraction of sp³-hybridized carbons (Fsp3) is 0.600. The van der Waals surface area contributed by atoms with Gasteiger partial charge in [0.05, 0.1) is 5.92 Å². The van der Waals surface area contributed by atoms with Crippen LogP contribution in [0.4, 0.5) is 13.2 Å². The SMILES string of the molecule is Cc1ccc(C)c(C2(N)CCC(C(F)(F)F)CC2)c1. The number of hydrogen-bond acceptors (Lipinski definition) is 1. The van der Waals surface area contributed by atoms with Crippen molar-refractivity contribution in [2.45, 2.75) is 51.2 Å². The molecule has 1 aromatic rings. The van der Waals surface area contributed by atoms with Crippen LogP contribution in [0.1, 0.15) is 42.4 Å². The number of halogens is 3. The van der Waals surface area contributed by atoms with Crippen LogP contribution in [0, 0.1) is 19.8 Å². The van der Waals surface area contributed by atoms with E-state index in [1.165, 1.54) is 0 Å². The third-order valence-corrected chi connectivity index (χ3v) is 4.27. The van der Waals surface area contributed by atoms with E-state index in [2.05, 4.69) is 0 Å². The molecule has 0 atom stereocenters. The Hall–Kier alpha value is -1.03. The quantitative estimate of drug-likeness (QED) is 0.813. The molecule has 1 aliphatic rings. The van der Waals surface area contributed by atoms with Crippen LogP contribution in [0.25, 0.3) is 0 Å². The highest BCUT2D eigenvalue weighted by molar-refractivity contribution is 5.36. The Bertz CT molecular complexity index is 457. The lowest BCUT2D eigenvalue weighted by Crippen LogP contribution is -2.43. The summed E-state index contributed by atoms with van der Waals surface area (Å²) in [6, 6.07) is 6.02. The molecule has 0 bridgehead atoms. The first-order valence-corrected chi connectivity index (χ1v) is 6.66. The highest BCUT2D eigenvalue weighted by Crippen LogP contribution is 2.44. The molecule has 0 radical (unpaired) electrons. The van der Waals surface area contributed by atoms with Crippen LogP contribution < -0.4 is 5.73 Å². The van der Waals surface area contributed by atoms with Gasteiger partial charge in [0, 0.05) is 5.54 Å². The first kappa shape index (κ1) is 14.4. The molecule has 106 valence electrons. The van der Waals surface area contributed by atoms with Gasteiger partial charge in [-0.15, -0.1) is 0 Å². The van der Waals surface area contributed by atoms with Crippen molar-refractivity contribution in [1.29, 1.82) is 0 Å². The van der Waals surface area contributed by atoms with E-state index >= 15 is 0 Å². The van der Waals surface area contributed by atoms with E-state index in [1.54, 1.807) is 0 Å². The maximum Gasteiger partial charge on any atom is 0.391 e. The molecule has 2 N–H and O–H groups in total. The van der Waals surface area contributed by atoms with Crippen molar-refractivity contribution in [3.8, 4) is 0 Å². The molecule has 1 aromatic carbocycles. The lowest BCUT2D eigenvalue weighted by Gasteiger charge is -2.39. The van der Waals surface area contributed by atoms with Crippen LogP contribution in [0.2, 0.25) is 0 Å². The number of aryl methyl sites for hydroxylation is 2. The zero-order chi connectivity index (χ0) is 14.3. The molecule has 0 amide bonds. The summed E-state index contributed by atoms with van der Waals surface area (Å²) in [5.74, 6) is -1.19. The number of benzene rings is 1. The molecule has 0 aromatic heterocycles. The summed E-state index contributed by atoms with van der Waals surface area (Å²) < 4.78 is 38.1. The smallest absolute Gasteiger partial charge is 0.321 e. The molecular weight excluding hydrogens is 251 g/mol. The minimum Gasteiger partial charge on any atom is -0.321 e. The van der Waals surface area contributed by atoms with Gasteiger partial charge in [0.1, 0.15) is 0 Å². The van der Waals surface area contributed by atoms with Gasteiger partial charge in [0.25, 0.3) is 0 Å². The Morgan fingerprint density at radius 2 is 1.74 bits per heavy atom. The predicted molar refractivity (Wildman–Crippen MR) is 69.8 cm³/mol. The predicted octanol–water partition coefficient (Wildman–Crippen LogP) is 4.21. The van der Waals surface area contributed by atoms with Crippen LogP contribution in [-0.2, 0) is 5.54 Å². The fourth-order valence-corrected chi connectivity index (χ4v) is 3.00. The van der Waals surface area contributed by atoms with Crippen molar-refractivity contribution >= 4 is 0 Å². The van der Waals surface area contributed by atoms with Crippen LogP contribution in [0.15, 0.2) is 18.2 Å². The van der Waals surface area contributed by atoms with E-state index in [4.69, 9.17) is 5.73 Å². The van der Waals surface area contributed by atoms with Gasteiger partial charge in [-0.05, 0) is 50.7 Å². The van der Waals surface area contributed by atoms with Crippen LogP contribution in [-0.4, -0.2) is 6.18 Å². The minimum atomic E-state index is -4.08. The minimum absolute atomic E-state index is 0.132. The lowest BCUT2D eigenvalue weighted by molar-refractivity contribution is -0.184. The maximum atomic E-state index is 12.7. The van der Waals surface area contributed by atoms with Crippen molar-refractivity contribution in [3.05, 3.63) is 34.9 Å². The second kappa shape index (κ2) is 4.82. The molecule has 1 aliphatic carbocycles. The molecule has 1 fully saturated rings.